The summed E-state index contributed by atoms with van der Waals surface area (Å²) >= 11 is 0. The van der Waals surface area contributed by atoms with Gasteiger partial charge in [0.05, 0.1) is 6.07 Å². The quantitative estimate of drug-likeness (QED) is 0.575. The lowest BCUT2D eigenvalue weighted by molar-refractivity contribution is -0.162. The summed E-state index contributed by atoms with van der Waals surface area (Å²) < 4.78 is 79.1. The highest BCUT2D eigenvalue weighted by Crippen LogP contribution is 2.49. The second-order valence-electron chi connectivity index (χ2n) is 2.91. The zero-order valence-electron chi connectivity index (χ0n) is 8.31. The van der Waals surface area contributed by atoms with E-state index in [4.69, 9.17) is 5.26 Å². The van der Waals surface area contributed by atoms with Gasteiger partial charge in [0, 0.05) is 0 Å². The largest absolute Gasteiger partial charge is 0.412 e. The summed E-state index contributed by atoms with van der Waals surface area (Å²) in [6, 6.07) is 1.38. The Morgan fingerprint density at radius 3 is 1.59 bits per heavy atom. The van der Waals surface area contributed by atoms with Crippen LogP contribution in [0.1, 0.15) is 0 Å². The summed E-state index contributed by atoms with van der Waals surface area (Å²) in [5.74, 6) is 0. The molecule has 0 aliphatic heterocycles. The monoisotopic (exact) mass is 283 g/mol. The molecule has 0 atom stereocenters. The third-order valence-corrected chi connectivity index (χ3v) is 3.06. The molecular formula is C7H8F6NO2P. The van der Waals surface area contributed by atoms with Crippen LogP contribution in [0.3, 0.4) is 0 Å². The van der Waals surface area contributed by atoms with Gasteiger partial charge in [-0.3, -0.25) is 0 Å². The first-order valence-corrected chi connectivity index (χ1v) is 5.99. The molecule has 0 radical (unpaired) electrons. The molecule has 0 aliphatic carbocycles. The van der Waals surface area contributed by atoms with Crippen LogP contribution in [0.4, 0.5) is 26.3 Å². The number of alkyl halides is 6. The molecule has 17 heavy (non-hydrogen) atoms. The molecule has 0 saturated carbocycles. The maximum Gasteiger partial charge on any atom is 0.412 e. The predicted octanol–water partition coefficient (Wildman–Crippen LogP) is 2.95. The molecule has 0 N–H and O–H groups in total. The van der Waals surface area contributed by atoms with Gasteiger partial charge in [0.15, 0.2) is 0 Å². The van der Waals surface area contributed by atoms with E-state index in [1.165, 1.54) is 6.07 Å². The Morgan fingerprint density at radius 1 is 1.00 bits per heavy atom. The Kier molecular flexibility index (Phi) is 5.52. The van der Waals surface area contributed by atoms with Gasteiger partial charge in [-0.2, -0.15) is 31.6 Å². The van der Waals surface area contributed by atoms with E-state index < -0.39 is 39.1 Å². The van der Waals surface area contributed by atoms with Crippen LogP contribution in [0.5, 0.6) is 0 Å². The van der Waals surface area contributed by atoms with Crippen LogP contribution in [-0.4, -0.2) is 38.0 Å². The van der Waals surface area contributed by atoms with Crippen molar-refractivity contribution in [2.75, 3.05) is 19.4 Å². The first-order chi connectivity index (χ1) is 7.47. The van der Waals surface area contributed by atoms with Crippen molar-refractivity contribution in [3.8, 4) is 6.07 Å². The molecule has 3 nitrogen and oxygen atoms in total. The minimum atomic E-state index is -4.72. The van der Waals surface area contributed by atoms with Crippen LogP contribution in [0, 0.1) is 11.3 Å². The predicted molar refractivity (Wildman–Crippen MR) is 48.5 cm³/mol. The van der Waals surface area contributed by atoms with Gasteiger partial charge in [-0.15, -0.1) is 0 Å². The normalized spacial score (nSPS) is 13.5. The van der Waals surface area contributed by atoms with Crippen LogP contribution in [-0.2, 0) is 9.05 Å². The van der Waals surface area contributed by atoms with Gasteiger partial charge in [-0.25, -0.2) is 0 Å². The van der Waals surface area contributed by atoms with Crippen LogP contribution >= 0.6 is 7.34 Å². The molecule has 0 fully saturated rings. The topological polar surface area (TPSA) is 42.2 Å². The highest BCUT2D eigenvalue weighted by Gasteiger charge is 2.34. The minimum absolute atomic E-state index is 0.751. The van der Waals surface area contributed by atoms with Gasteiger partial charge in [-0.05, 0) is 0 Å². The molecule has 0 unspecified atom stereocenters. The molecule has 0 amide bonds. The first kappa shape index (κ1) is 16.3. The van der Waals surface area contributed by atoms with Crippen molar-refractivity contribution in [1.29, 1.82) is 5.26 Å². The smallest absolute Gasteiger partial charge is 0.327 e. The lowest BCUT2D eigenvalue weighted by Crippen LogP contribution is -2.20. The molecule has 10 heteroatoms. The van der Waals surface area contributed by atoms with E-state index in [9.17, 15) is 26.3 Å². The molecule has 0 heterocycles. The van der Waals surface area contributed by atoms with Crippen LogP contribution in [0.2, 0.25) is 0 Å². The fraction of sp³-hybridized carbons (Fsp3) is 0.714. The molecule has 0 spiro atoms. The van der Waals surface area contributed by atoms with E-state index in [1.54, 1.807) is 0 Å². The number of hydrogen-bond acceptors (Lipinski definition) is 3. The van der Waals surface area contributed by atoms with Crippen molar-refractivity contribution in [1.82, 2.24) is 0 Å². The summed E-state index contributed by atoms with van der Waals surface area (Å²) in [4.78, 5) is 0. The van der Waals surface area contributed by atoms with Crippen LogP contribution < -0.4 is 0 Å². The van der Waals surface area contributed by atoms with E-state index in [-0.39, 0.29) is 0 Å². The zero-order chi connectivity index (χ0) is 13.7. The summed E-state index contributed by atoms with van der Waals surface area (Å²) in [5, 5.41) is 8.28. The van der Waals surface area contributed by atoms with E-state index in [0.717, 1.165) is 0 Å². The zero-order valence-corrected chi connectivity index (χ0v) is 9.20. The molecule has 0 rings (SSSR count). The van der Waals surface area contributed by atoms with Gasteiger partial charge in [0.25, 0.3) is 0 Å². The Hall–Kier alpha value is -0.710. The Labute approximate surface area is 93.1 Å². The lowest BCUT2D eigenvalue weighted by atomic mass is 10.7. The molecular weight excluding hydrogens is 275 g/mol. The number of halogens is 6. The van der Waals surface area contributed by atoms with Crippen molar-refractivity contribution < 1.29 is 35.4 Å². The summed E-state index contributed by atoms with van der Waals surface area (Å²) in [5.41, 5.74) is 0. The third-order valence-electron chi connectivity index (χ3n) is 1.24. The molecule has 0 aromatic heterocycles. The standard InChI is InChI=1S/C7H8F6NO2P/c1-17(3-2-14,15-4-6(8,9)10)16-5-7(11,12)13/h1,3-5H2. The third kappa shape index (κ3) is 9.03. The average molecular weight is 283 g/mol. The SMILES string of the molecule is C=P(CC#N)(OCC(F)(F)F)OCC(F)(F)F. The number of hydrogen-bond donors (Lipinski definition) is 0. The fourth-order valence-corrected chi connectivity index (χ4v) is 1.85. The number of nitriles is 1. The van der Waals surface area contributed by atoms with Gasteiger partial charge in [-0.1, -0.05) is 6.30 Å². The van der Waals surface area contributed by atoms with Crippen molar-refractivity contribution in [2.24, 2.45) is 0 Å². The maximum atomic E-state index is 11.8. The van der Waals surface area contributed by atoms with Crippen molar-refractivity contribution in [3.63, 3.8) is 0 Å². The molecule has 0 aromatic rings. The minimum Gasteiger partial charge on any atom is -0.327 e. The van der Waals surface area contributed by atoms with Crippen molar-refractivity contribution >= 4 is 13.6 Å². The van der Waals surface area contributed by atoms with Gasteiger partial charge >= 0.3 is 12.4 Å². The van der Waals surface area contributed by atoms with E-state index in [0.29, 0.717) is 0 Å². The van der Waals surface area contributed by atoms with Crippen molar-refractivity contribution in [2.45, 2.75) is 12.4 Å². The molecule has 0 bridgehead atoms. The van der Waals surface area contributed by atoms with Crippen LogP contribution in [0.25, 0.3) is 0 Å². The van der Waals surface area contributed by atoms with Crippen LogP contribution in [0.15, 0.2) is 0 Å². The lowest BCUT2D eigenvalue weighted by Gasteiger charge is -2.23. The van der Waals surface area contributed by atoms with Gasteiger partial charge in [0.2, 0.25) is 0 Å². The Balaban J connectivity index is 4.48. The molecule has 0 aromatic carbocycles. The highest BCUT2D eigenvalue weighted by atomic mass is 31.2. The maximum absolute atomic E-state index is 11.8. The van der Waals surface area contributed by atoms with E-state index in [2.05, 4.69) is 15.3 Å². The first-order valence-electron chi connectivity index (χ1n) is 3.99. The van der Waals surface area contributed by atoms with Crippen molar-refractivity contribution in [3.05, 3.63) is 0 Å². The van der Waals surface area contributed by atoms with E-state index >= 15 is 0 Å². The Bertz CT molecular complexity index is 309. The summed E-state index contributed by atoms with van der Waals surface area (Å²) in [6.45, 7) is -3.60. The average Bonchev–Trinajstić information content (AvgIpc) is 2.11. The fourth-order valence-electron chi connectivity index (χ4n) is 0.618. The second-order valence-corrected chi connectivity index (χ2v) is 5.37. The number of rotatable bonds is 5. The summed E-state index contributed by atoms with van der Waals surface area (Å²) in [7, 11) is -3.71. The van der Waals surface area contributed by atoms with Gasteiger partial charge < -0.3 is 9.05 Å². The summed E-state index contributed by atoms with van der Waals surface area (Å²) in [6.07, 6.45) is -7.19. The molecule has 0 aliphatic rings. The van der Waals surface area contributed by atoms with Gasteiger partial charge in [0.1, 0.15) is 26.7 Å². The Morgan fingerprint density at radius 2 is 1.35 bits per heavy atom. The van der Waals surface area contributed by atoms with E-state index in [1.807, 2.05) is 0 Å². The second kappa shape index (κ2) is 5.76. The highest BCUT2D eigenvalue weighted by molar-refractivity contribution is 7.64. The molecule has 0 saturated heterocycles. The molecule has 100 valence electrons. The number of nitrogens with zero attached hydrogens (tertiary/aromatic N) is 1.